The summed E-state index contributed by atoms with van der Waals surface area (Å²) < 4.78 is 27.0. The van der Waals surface area contributed by atoms with Crippen molar-refractivity contribution in [3.8, 4) is 22.9 Å². The van der Waals surface area contributed by atoms with Crippen molar-refractivity contribution in [1.82, 2.24) is 19.5 Å². The van der Waals surface area contributed by atoms with Crippen molar-refractivity contribution < 1.29 is 13.5 Å². The fourth-order valence-corrected chi connectivity index (χ4v) is 7.87. The predicted molar refractivity (Wildman–Crippen MR) is 161 cm³/mol. The number of thioether (sulfide) groups is 1. The van der Waals surface area contributed by atoms with Gasteiger partial charge in [0.1, 0.15) is 33.2 Å². The minimum atomic E-state index is -0.555. The number of methoxy groups -OCH3 is 1. The molecular formula is C30H24ClFN4O3S2. The van der Waals surface area contributed by atoms with Gasteiger partial charge in [-0.3, -0.25) is 9.36 Å². The summed E-state index contributed by atoms with van der Waals surface area (Å²) >= 11 is 9.21. The van der Waals surface area contributed by atoms with Gasteiger partial charge >= 0.3 is 0 Å². The van der Waals surface area contributed by atoms with Crippen molar-refractivity contribution in [2.75, 3.05) is 7.11 Å². The molecule has 1 aliphatic carbocycles. The number of fused-ring (bicyclic) bond motifs is 5. The van der Waals surface area contributed by atoms with Crippen LogP contribution in [0.2, 0.25) is 5.02 Å². The number of ether oxygens (including phenoxy) is 1. The average molecular weight is 607 g/mol. The van der Waals surface area contributed by atoms with E-state index in [0.717, 1.165) is 40.7 Å². The molecule has 4 heterocycles. The highest BCUT2D eigenvalue weighted by Gasteiger charge is 2.25. The number of para-hydroxylation sites is 1. The van der Waals surface area contributed by atoms with E-state index in [1.54, 1.807) is 18.4 Å². The number of thiophene rings is 1. The Balaban J connectivity index is 1.35. The Morgan fingerprint density at radius 2 is 2.02 bits per heavy atom. The number of H-pyrrole nitrogens is 1. The van der Waals surface area contributed by atoms with Crippen LogP contribution in [0, 0.1) is 12.7 Å². The Bertz CT molecular complexity index is 2030. The maximum Gasteiger partial charge on any atom is 0.283 e. The predicted octanol–water partition coefficient (Wildman–Crippen LogP) is 7.86. The zero-order chi connectivity index (χ0) is 28.2. The normalized spacial score (nSPS) is 13.3. The van der Waals surface area contributed by atoms with Gasteiger partial charge in [0, 0.05) is 16.0 Å². The number of benzene rings is 2. The number of aromatic nitrogens is 4. The first-order valence-electron chi connectivity index (χ1n) is 13.2. The van der Waals surface area contributed by atoms with E-state index in [9.17, 15) is 9.18 Å². The Hall–Kier alpha value is -3.60. The van der Waals surface area contributed by atoms with E-state index in [4.69, 9.17) is 30.7 Å². The molecule has 208 valence electrons. The molecular weight excluding hydrogens is 583 g/mol. The Morgan fingerprint density at radius 3 is 2.85 bits per heavy atom. The molecule has 1 N–H and O–H groups in total. The highest BCUT2D eigenvalue weighted by atomic mass is 35.5. The van der Waals surface area contributed by atoms with Gasteiger partial charge in [-0.15, -0.1) is 11.3 Å². The van der Waals surface area contributed by atoms with Crippen LogP contribution in [0.5, 0.6) is 5.75 Å². The molecule has 0 atom stereocenters. The van der Waals surface area contributed by atoms with E-state index in [-0.39, 0.29) is 10.6 Å². The van der Waals surface area contributed by atoms with Crippen molar-refractivity contribution in [3.63, 3.8) is 0 Å². The van der Waals surface area contributed by atoms with Crippen molar-refractivity contribution in [2.24, 2.45) is 0 Å². The lowest BCUT2D eigenvalue weighted by Crippen LogP contribution is -2.22. The summed E-state index contributed by atoms with van der Waals surface area (Å²) in [6.07, 6.45) is 4.33. The summed E-state index contributed by atoms with van der Waals surface area (Å²) in [6, 6.07) is 11.8. The summed E-state index contributed by atoms with van der Waals surface area (Å²) in [5.41, 5.74) is 4.04. The van der Waals surface area contributed by atoms with Gasteiger partial charge in [-0.25, -0.2) is 14.4 Å². The van der Waals surface area contributed by atoms with Gasteiger partial charge < -0.3 is 14.1 Å². The monoisotopic (exact) mass is 606 g/mol. The lowest BCUT2D eigenvalue weighted by atomic mass is 9.97. The summed E-state index contributed by atoms with van der Waals surface area (Å²) in [6.45, 7) is 1.86. The van der Waals surface area contributed by atoms with E-state index >= 15 is 0 Å². The molecule has 0 amide bonds. The number of aryl methyl sites for hydroxylation is 3. The van der Waals surface area contributed by atoms with Crippen LogP contribution in [0.1, 0.15) is 34.7 Å². The Morgan fingerprint density at radius 1 is 1.20 bits per heavy atom. The highest BCUT2D eigenvalue weighted by molar-refractivity contribution is 7.98. The standard InChI is InChI=1S/C30H24ClFN4O3S2/c1-15-21(33-27(39-15)17-7-3-5-9-22(17)38-2)14-40-30-35-25-24-18-8-4-6-10-23(18)41-28(24)34-26(25)29(37)36(30)16-11-12-20(32)19(31)13-16/h3,5,7,9,11-13,34H,4,6,8,10,14H2,1-2H3. The second kappa shape index (κ2) is 10.3. The van der Waals surface area contributed by atoms with Crippen LogP contribution in [0.25, 0.3) is 38.4 Å². The minimum Gasteiger partial charge on any atom is -0.496 e. The topological polar surface area (TPSA) is 85.9 Å². The first-order chi connectivity index (χ1) is 19.9. The van der Waals surface area contributed by atoms with Crippen LogP contribution in [0.3, 0.4) is 0 Å². The van der Waals surface area contributed by atoms with Gasteiger partial charge in [0.05, 0.1) is 29.1 Å². The van der Waals surface area contributed by atoms with E-state index in [0.29, 0.717) is 45.0 Å². The molecule has 11 heteroatoms. The number of nitrogens with one attached hydrogen (secondary N) is 1. The third-order valence-electron chi connectivity index (χ3n) is 7.43. The van der Waals surface area contributed by atoms with Crippen LogP contribution in [-0.2, 0) is 18.6 Å². The molecule has 0 saturated carbocycles. The van der Waals surface area contributed by atoms with E-state index in [1.165, 1.54) is 51.4 Å². The number of hydrogen-bond acceptors (Lipinski definition) is 7. The molecule has 6 aromatic rings. The van der Waals surface area contributed by atoms with Gasteiger partial charge in [-0.1, -0.05) is 35.5 Å². The summed E-state index contributed by atoms with van der Waals surface area (Å²) in [4.78, 5) is 29.5. The fourth-order valence-electron chi connectivity index (χ4n) is 5.39. The third kappa shape index (κ3) is 4.45. The first kappa shape index (κ1) is 26.3. The van der Waals surface area contributed by atoms with Gasteiger partial charge in [-0.2, -0.15) is 0 Å². The molecule has 2 aromatic carbocycles. The molecule has 0 bridgehead atoms. The molecule has 0 aliphatic heterocycles. The number of oxazole rings is 1. The van der Waals surface area contributed by atoms with Crippen LogP contribution >= 0.6 is 34.7 Å². The second-order valence-electron chi connectivity index (χ2n) is 9.91. The largest absolute Gasteiger partial charge is 0.496 e. The van der Waals surface area contributed by atoms with Gasteiger partial charge in [0.2, 0.25) is 5.89 Å². The molecule has 4 aromatic heterocycles. The molecule has 0 saturated heterocycles. The third-order valence-corrected chi connectivity index (χ3v) is 9.88. The number of halogens is 2. The van der Waals surface area contributed by atoms with Crippen molar-refractivity contribution in [1.29, 1.82) is 0 Å². The zero-order valence-electron chi connectivity index (χ0n) is 22.2. The molecule has 0 fully saturated rings. The Labute approximate surface area is 247 Å². The van der Waals surface area contributed by atoms with Gasteiger partial charge in [0.25, 0.3) is 5.56 Å². The molecule has 1 aliphatic rings. The molecule has 0 spiro atoms. The smallest absolute Gasteiger partial charge is 0.283 e. The highest BCUT2D eigenvalue weighted by Crippen LogP contribution is 2.40. The molecule has 41 heavy (non-hydrogen) atoms. The molecule has 0 radical (unpaired) electrons. The maximum atomic E-state index is 14.1. The van der Waals surface area contributed by atoms with Crippen molar-refractivity contribution >= 4 is 55.9 Å². The van der Waals surface area contributed by atoms with E-state index in [2.05, 4.69) is 4.98 Å². The first-order valence-corrected chi connectivity index (χ1v) is 15.4. The second-order valence-corrected chi connectivity index (χ2v) is 12.4. The van der Waals surface area contributed by atoms with E-state index < -0.39 is 5.82 Å². The minimum absolute atomic E-state index is 0.0687. The fraction of sp³-hybridized carbons (Fsp3) is 0.233. The van der Waals surface area contributed by atoms with Gasteiger partial charge in [-0.05, 0) is 68.5 Å². The van der Waals surface area contributed by atoms with Crippen molar-refractivity contribution in [3.05, 3.63) is 85.6 Å². The number of rotatable bonds is 6. The van der Waals surface area contributed by atoms with Crippen LogP contribution in [-0.4, -0.2) is 26.6 Å². The lowest BCUT2D eigenvalue weighted by Gasteiger charge is -2.13. The van der Waals surface area contributed by atoms with Crippen LogP contribution in [0.4, 0.5) is 4.39 Å². The Kier molecular flexibility index (Phi) is 6.64. The van der Waals surface area contributed by atoms with Crippen LogP contribution < -0.4 is 10.3 Å². The van der Waals surface area contributed by atoms with Gasteiger partial charge in [0.15, 0.2) is 5.16 Å². The molecule has 0 unspecified atom stereocenters. The zero-order valence-corrected chi connectivity index (χ0v) is 24.6. The quantitative estimate of drug-likeness (QED) is 0.153. The number of aromatic amines is 1. The lowest BCUT2D eigenvalue weighted by molar-refractivity contribution is 0.414. The van der Waals surface area contributed by atoms with Crippen molar-refractivity contribution in [2.45, 2.75) is 43.5 Å². The summed E-state index contributed by atoms with van der Waals surface area (Å²) in [7, 11) is 1.61. The maximum absolute atomic E-state index is 14.1. The summed E-state index contributed by atoms with van der Waals surface area (Å²) in [5, 5.41) is 1.43. The molecule has 7 rings (SSSR count). The van der Waals surface area contributed by atoms with Crippen LogP contribution in [0.15, 0.2) is 56.8 Å². The molecule has 7 nitrogen and oxygen atoms in total. The SMILES string of the molecule is COc1ccccc1-c1nc(CSc2nc3c([nH]c4sc5c(c43)CCCC5)c(=O)n2-c2ccc(F)c(Cl)c2)c(C)o1. The average Bonchev–Trinajstić information content (AvgIpc) is 3.65. The van der Waals surface area contributed by atoms with E-state index in [1.807, 2.05) is 31.2 Å². The number of hydrogen-bond donors (Lipinski definition) is 1. The number of nitrogens with zero attached hydrogens (tertiary/aromatic N) is 3. The summed E-state index contributed by atoms with van der Waals surface area (Å²) in [5.74, 6) is 1.62.